The molecular formula is C19H28F5NO5Si. The number of hydrogen-bond donors (Lipinski definition) is 0. The highest BCUT2D eigenvalue weighted by Crippen LogP contribution is 2.26. The maximum absolute atomic E-state index is 14.1. The highest BCUT2D eigenvalue weighted by atomic mass is 28.4. The number of ether oxygens (including phenoxy) is 1. The van der Waals surface area contributed by atoms with E-state index in [4.69, 9.17) is 13.3 Å². The summed E-state index contributed by atoms with van der Waals surface area (Å²) >= 11 is 0. The Hall–Kier alpha value is -1.76. The molecule has 0 unspecified atom stereocenters. The van der Waals surface area contributed by atoms with Gasteiger partial charge in [0, 0.05) is 30.4 Å². The van der Waals surface area contributed by atoms with E-state index in [0.717, 1.165) is 0 Å². The zero-order valence-corrected chi connectivity index (χ0v) is 19.3. The topological polar surface area (TPSA) is 57.2 Å². The molecule has 0 aliphatic carbocycles. The van der Waals surface area contributed by atoms with Crippen molar-refractivity contribution in [3.8, 4) is 5.75 Å². The zero-order chi connectivity index (χ0) is 23.9. The van der Waals surface area contributed by atoms with Crippen molar-refractivity contribution in [2.45, 2.75) is 72.3 Å². The largest absolute Gasteiger partial charge is 0.501 e. The van der Waals surface area contributed by atoms with Crippen molar-refractivity contribution in [3.63, 3.8) is 0 Å². The quantitative estimate of drug-likeness (QED) is 0.139. The summed E-state index contributed by atoms with van der Waals surface area (Å²) in [6.45, 7) is 10.2. The van der Waals surface area contributed by atoms with Crippen molar-refractivity contribution in [3.05, 3.63) is 29.3 Å². The van der Waals surface area contributed by atoms with Gasteiger partial charge < -0.3 is 18.0 Å². The molecule has 0 aliphatic heterocycles. The molecule has 0 radical (unpaired) electrons. The number of carbonyl (C=O) groups excluding carboxylic acids is 1. The van der Waals surface area contributed by atoms with Crippen molar-refractivity contribution in [2.75, 3.05) is 6.54 Å². The average Bonchev–Trinajstić information content (AvgIpc) is 2.62. The molecule has 0 atom stereocenters. The minimum Gasteiger partial charge on any atom is -0.405 e. The fourth-order valence-corrected chi connectivity index (χ4v) is 5.90. The van der Waals surface area contributed by atoms with Gasteiger partial charge in [0.05, 0.1) is 6.54 Å². The summed E-state index contributed by atoms with van der Waals surface area (Å²) in [4.78, 5) is 11.8. The maximum atomic E-state index is 14.1. The van der Waals surface area contributed by atoms with Crippen molar-refractivity contribution in [2.24, 2.45) is 0 Å². The van der Waals surface area contributed by atoms with Crippen LogP contribution in [0.2, 0.25) is 6.04 Å². The standard InChI is InChI=1S/C19H28F5NO5Si/c1-11(2)28-31(29-12(3)4,30-13(5)6)9-7-8-25(24)19(26)27-15-10-14(20)16(21)18(23)17(15)22/h10-13H,7-9H2,1-6H3. The number of halogens is 5. The molecule has 0 N–H and O–H groups in total. The van der Waals surface area contributed by atoms with E-state index in [-0.39, 0.29) is 36.8 Å². The Morgan fingerprint density at radius 2 is 1.39 bits per heavy atom. The van der Waals surface area contributed by atoms with Crippen LogP contribution in [0.5, 0.6) is 5.75 Å². The Kier molecular flexibility index (Phi) is 10.3. The summed E-state index contributed by atoms with van der Waals surface area (Å²) in [5, 5.41) is -0.405. The molecule has 0 saturated carbocycles. The second kappa shape index (κ2) is 11.7. The predicted octanol–water partition coefficient (Wildman–Crippen LogP) is 5.53. The summed E-state index contributed by atoms with van der Waals surface area (Å²) in [6, 6.07) is 0.268. The lowest BCUT2D eigenvalue weighted by atomic mass is 10.3. The average molecular weight is 474 g/mol. The van der Waals surface area contributed by atoms with Crippen LogP contribution in [-0.2, 0) is 13.3 Å². The van der Waals surface area contributed by atoms with Crippen LogP contribution in [0.25, 0.3) is 0 Å². The van der Waals surface area contributed by atoms with Crippen molar-refractivity contribution >= 4 is 14.9 Å². The van der Waals surface area contributed by atoms with E-state index in [1.165, 1.54) is 0 Å². The molecular weight excluding hydrogens is 445 g/mol. The molecule has 1 aromatic carbocycles. The van der Waals surface area contributed by atoms with Gasteiger partial charge in [-0.05, 0) is 48.0 Å². The predicted molar refractivity (Wildman–Crippen MR) is 104 cm³/mol. The van der Waals surface area contributed by atoms with Crippen molar-refractivity contribution in [1.82, 2.24) is 5.12 Å². The fourth-order valence-electron chi connectivity index (χ4n) is 2.63. The summed E-state index contributed by atoms with van der Waals surface area (Å²) in [7, 11) is -3.24. The number of rotatable bonds is 11. The highest BCUT2D eigenvalue weighted by Gasteiger charge is 2.44. The minimum atomic E-state index is -3.24. The Labute approximate surface area is 179 Å². The molecule has 0 saturated heterocycles. The molecule has 1 rings (SSSR count). The molecule has 12 heteroatoms. The normalized spacial score (nSPS) is 12.2. The van der Waals surface area contributed by atoms with E-state index in [1.807, 2.05) is 0 Å². The molecule has 0 spiro atoms. The lowest BCUT2D eigenvalue weighted by Gasteiger charge is -2.34. The van der Waals surface area contributed by atoms with E-state index in [1.54, 1.807) is 41.5 Å². The first-order chi connectivity index (χ1) is 14.3. The zero-order valence-electron chi connectivity index (χ0n) is 18.3. The highest BCUT2D eigenvalue weighted by molar-refractivity contribution is 6.60. The van der Waals surface area contributed by atoms with Crippen LogP contribution >= 0.6 is 0 Å². The Morgan fingerprint density at radius 3 is 1.84 bits per heavy atom. The summed E-state index contributed by atoms with van der Waals surface area (Å²) in [5.74, 6) is -9.26. The molecule has 1 aromatic rings. The van der Waals surface area contributed by atoms with Crippen LogP contribution in [0.1, 0.15) is 48.0 Å². The van der Waals surface area contributed by atoms with Crippen molar-refractivity contribution < 1.29 is 44.9 Å². The molecule has 0 aliphatic rings. The lowest BCUT2D eigenvalue weighted by molar-refractivity contribution is -0.000556. The molecule has 178 valence electrons. The second-order valence-corrected chi connectivity index (χ2v) is 10.1. The van der Waals surface area contributed by atoms with E-state index >= 15 is 0 Å². The molecule has 0 fully saturated rings. The first-order valence-corrected chi connectivity index (χ1v) is 11.7. The first-order valence-electron chi connectivity index (χ1n) is 9.79. The molecule has 31 heavy (non-hydrogen) atoms. The van der Waals surface area contributed by atoms with Crippen LogP contribution < -0.4 is 4.74 Å². The fraction of sp³-hybridized carbons (Fsp3) is 0.632. The van der Waals surface area contributed by atoms with Gasteiger partial charge in [0.2, 0.25) is 11.6 Å². The lowest BCUT2D eigenvalue weighted by Crippen LogP contribution is -2.51. The molecule has 1 amide bonds. The van der Waals surface area contributed by atoms with Gasteiger partial charge in [-0.1, -0.05) is 4.48 Å². The monoisotopic (exact) mass is 473 g/mol. The summed E-state index contributed by atoms with van der Waals surface area (Å²) < 4.78 is 89.2. The smallest absolute Gasteiger partial charge is 0.405 e. The second-order valence-electron chi connectivity index (χ2n) is 7.54. The maximum Gasteiger partial charge on any atom is 0.501 e. The number of amides is 1. The van der Waals surface area contributed by atoms with E-state index in [0.29, 0.717) is 0 Å². The van der Waals surface area contributed by atoms with E-state index < -0.39 is 55.6 Å². The van der Waals surface area contributed by atoms with Gasteiger partial charge in [-0.15, -0.1) is 5.12 Å². The van der Waals surface area contributed by atoms with Crippen LogP contribution in [-0.4, -0.2) is 44.9 Å². The number of benzene rings is 1. The molecule has 6 nitrogen and oxygen atoms in total. The van der Waals surface area contributed by atoms with Gasteiger partial charge in [-0.25, -0.2) is 18.0 Å². The van der Waals surface area contributed by atoms with Gasteiger partial charge in [-0.3, -0.25) is 0 Å². The molecule has 0 heterocycles. The van der Waals surface area contributed by atoms with Crippen LogP contribution in [0.15, 0.2) is 6.07 Å². The SMILES string of the molecule is CC(C)O[Si](CCCN(F)C(=O)Oc1cc(F)c(F)c(F)c1F)(OC(C)C)OC(C)C. The number of carbonyl (C=O) groups is 1. The van der Waals surface area contributed by atoms with Gasteiger partial charge >= 0.3 is 14.9 Å². The van der Waals surface area contributed by atoms with Gasteiger partial charge in [0.25, 0.3) is 0 Å². The van der Waals surface area contributed by atoms with Gasteiger partial charge in [-0.2, -0.15) is 4.39 Å². The first kappa shape index (κ1) is 27.3. The molecule has 0 bridgehead atoms. The Bertz CT molecular complexity index is 724. The number of nitrogens with zero attached hydrogens (tertiary/aromatic N) is 1. The Balaban J connectivity index is 2.82. The third kappa shape index (κ3) is 8.35. The van der Waals surface area contributed by atoms with Crippen LogP contribution in [0, 0.1) is 23.3 Å². The van der Waals surface area contributed by atoms with Crippen LogP contribution in [0.4, 0.5) is 26.8 Å². The minimum absolute atomic E-state index is 0.0264. The van der Waals surface area contributed by atoms with Gasteiger partial charge in [0.15, 0.2) is 17.4 Å². The van der Waals surface area contributed by atoms with Crippen molar-refractivity contribution in [1.29, 1.82) is 0 Å². The Morgan fingerprint density at radius 1 is 0.903 bits per heavy atom. The third-order valence-electron chi connectivity index (χ3n) is 3.55. The summed E-state index contributed by atoms with van der Waals surface area (Å²) in [5.41, 5.74) is 0. The van der Waals surface area contributed by atoms with E-state index in [9.17, 15) is 26.8 Å². The molecule has 0 aromatic heterocycles. The third-order valence-corrected chi connectivity index (χ3v) is 7.01. The number of hydrogen-bond acceptors (Lipinski definition) is 5. The van der Waals surface area contributed by atoms with Gasteiger partial charge in [0.1, 0.15) is 0 Å². The van der Waals surface area contributed by atoms with E-state index in [2.05, 4.69) is 4.74 Å². The van der Waals surface area contributed by atoms with Crippen LogP contribution in [0.3, 0.4) is 0 Å². The summed E-state index contributed by atoms with van der Waals surface area (Å²) in [6.07, 6.45) is -2.40.